The number of anilines is 2. The number of nitrogens with one attached hydrogen (secondary N) is 1. The van der Waals surface area contributed by atoms with Gasteiger partial charge < -0.3 is 10.2 Å². The Morgan fingerprint density at radius 1 is 1.03 bits per heavy atom. The summed E-state index contributed by atoms with van der Waals surface area (Å²) in [7, 11) is 0. The summed E-state index contributed by atoms with van der Waals surface area (Å²) in [5.74, 6) is -0.500. The molecule has 0 aliphatic carbocycles. The van der Waals surface area contributed by atoms with Crippen molar-refractivity contribution in [1.82, 2.24) is 4.98 Å². The monoisotopic (exact) mass is 495 g/mol. The Labute approximate surface area is 215 Å². The van der Waals surface area contributed by atoms with Crippen molar-refractivity contribution in [3.63, 3.8) is 0 Å². The molecular weight excluding hydrogens is 466 g/mol. The molecule has 182 valence electrons. The minimum atomic E-state index is -0.378. The number of hydrogen-bond donors (Lipinski definition) is 1. The number of carbonyl (C=O) groups is 2. The van der Waals surface area contributed by atoms with Crippen molar-refractivity contribution in [2.75, 3.05) is 16.8 Å². The maximum Gasteiger partial charge on any atom is 0.229 e. The standard InChI is InChI=1S/C30H29N3O2S/c1-4-21-10-7-9-20(3)28(21)33-17-23(16-27(33)34)29(35)31-24-14-12-22(13-15-24)26-18-36-30(32-26)25-11-6-5-8-19(25)2/h5-15,18,23H,4,16-17H2,1-3H3,(H,31,35). The van der Waals surface area contributed by atoms with Crippen molar-refractivity contribution in [3.05, 3.63) is 88.8 Å². The predicted molar refractivity (Wildman–Crippen MR) is 147 cm³/mol. The first-order valence-corrected chi connectivity index (χ1v) is 13.1. The molecule has 6 heteroatoms. The molecule has 0 radical (unpaired) electrons. The number of aromatic nitrogens is 1. The Bertz CT molecular complexity index is 1420. The largest absolute Gasteiger partial charge is 0.326 e. The van der Waals surface area contributed by atoms with Gasteiger partial charge >= 0.3 is 0 Å². The number of benzene rings is 3. The molecule has 5 nitrogen and oxygen atoms in total. The molecule has 3 aromatic carbocycles. The van der Waals surface area contributed by atoms with E-state index < -0.39 is 0 Å². The minimum Gasteiger partial charge on any atom is -0.326 e. The molecule has 1 saturated heterocycles. The van der Waals surface area contributed by atoms with E-state index in [4.69, 9.17) is 4.98 Å². The minimum absolute atomic E-state index is 0.00230. The van der Waals surface area contributed by atoms with Crippen LogP contribution in [0, 0.1) is 19.8 Å². The second kappa shape index (κ2) is 10.1. The summed E-state index contributed by atoms with van der Waals surface area (Å²) < 4.78 is 0. The lowest BCUT2D eigenvalue weighted by Gasteiger charge is -2.22. The maximum atomic E-state index is 13.0. The third kappa shape index (κ3) is 4.69. The lowest BCUT2D eigenvalue weighted by molar-refractivity contribution is -0.122. The van der Waals surface area contributed by atoms with E-state index in [1.54, 1.807) is 16.2 Å². The third-order valence-corrected chi connectivity index (χ3v) is 7.67. The fourth-order valence-corrected chi connectivity index (χ4v) is 5.72. The fourth-order valence-electron chi connectivity index (χ4n) is 4.80. The van der Waals surface area contributed by atoms with Gasteiger partial charge in [-0.05, 0) is 49.1 Å². The van der Waals surface area contributed by atoms with Gasteiger partial charge in [-0.25, -0.2) is 4.98 Å². The van der Waals surface area contributed by atoms with Crippen molar-refractivity contribution in [2.45, 2.75) is 33.6 Å². The van der Waals surface area contributed by atoms with E-state index in [0.717, 1.165) is 45.1 Å². The number of aryl methyl sites for hydroxylation is 3. The lowest BCUT2D eigenvalue weighted by Crippen LogP contribution is -2.29. The molecule has 1 unspecified atom stereocenters. The summed E-state index contributed by atoms with van der Waals surface area (Å²) in [4.78, 5) is 32.5. The lowest BCUT2D eigenvalue weighted by atomic mass is 10.0. The van der Waals surface area contributed by atoms with Crippen LogP contribution in [0.15, 0.2) is 72.1 Å². The molecule has 1 fully saturated rings. The predicted octanol–water partition coefficient (Wildman–Crippen LogP) is 6.65. The van der Waals surface area contributed by atoms with Gasteiger partial charge in [0.15, 0.2) is 0 Å². The number of rotatable bonds is 6. The van der Waals surface area contributed by atoms with Gasteiger partial charge in [-0.2, -0.15) is 0 Å². The van der Waals surface area contributed by atoms with Crippen molar-refractivity contribution in [3.8, 4) is 21.8 Å². The van der Waals surface area contributed by atoms with E-state index in [9.17, 15) is 9.59 Å². The summed E-state index contributed by atoms with van der Waals surface area (Å²) in [6, 6.07) is 22.1. The number of hydrogen-bond acceptors (Lipinski definition) is 4. The highest BCUT2D eigenvalue weighted by Crippen LogP contribution is 2.33. The summed E-state index contributed by atoms with van der Waals surface area (Å²) in [6.45, 7) is 6.60. The quantitative estimate of drug-likeness (QED) is 0.326. The van der Waals surface area contributed by atoms with Crippen molar-refractivity contribution in [2.24, 2.45) is 5.92 Å². The highest BCUT2D eigenvalue weighted by atomic mass is 32.1. The van der Waals surface area contributed by atoms with Gasteiger partial charge in [-0.1, -0.05) is 61.5 Å². The number of carbonyl (C=O) groups excluding carboxylic acids is 2. The van der Waals surface area contributed by atoms with Crippen LogP contribution in [0.5, 0.6) is 0 Å². The zero-order valence-corrected chi connectivity index (χ0v) is 21.6. The van der Waals surface area contributed by atoms with Crippen molar-refractivity contribution < 1.29 is 9.59 Å². The third-order valence-electron chi connectivity index (χ3n) is 6.80. The van der Waals surface area contributed by atoms with Gasteiger partial charge in [0, 0.05) is 40.8 Å². The van der Waals surface area contributed by atoms with Crippen LogP contribution < -0.4 is 10.2 Å². The molecular formula is C30H29N3O2S. The molecule has 1 N–H and O–H groups in total. The van der Waals surface area contributed by atoms with Gasteiger partial charge in [0.05, 0.1) is 11.6 Å². The van der Waals surface area contributed by atoms with Crippen molar-refractivity contribution >= 4 is 34.5 Å². The second-order valence-electron chi connectivity index (χ2n) is 9.26. The van der Waals surface area contributed by atoms with Crippen LogP contribution in [-0.4, -0.2) is 23.3 Å². The van der Waals surface area contributed by atoms with Crippen LogP contribution in [-0.2, 0) is 16.0 Å². The topological polar surface area (TPSA) is 62.3 Å². The SMILES string of the molecule is CCc1cccc(C)c1N1CC(C(=O)Nc2ccc(-c3csc(-c4ccccc4C)n3)cc2)CC1=O. The second-order valence-corrected chi connectivity index (χ2v) is 10.1. The summed E-state index contributed by atoms with van der Waals surface area (Å²) in [5.41, 5.74) is 8.13. The zero-order valence-electron chi connectivity index (χ0n) is 20.7. The molecule has 1 aliphatic heterocycles. The van der Waals surface area contributed by atoms with Crippen LogP contribution in [0.25, 0.3) is 21.8 Å². The molecule has 1 atom stereocenters. The Balaban J connectivity index is 1.26. The van der Waals surface area contributed by atoms with Gasteiger partial charge in [0.1, 0.15) is 5.01 Å². The molecule has 5 rings (SSSR count). The van der Waals surface area contributed by atoms with Gasteiger partial charge in [-0.15, -0.1) is 11.3 Å². The molecule has 0 saturated carbocycles. The highest BCUT2D eigenvalue weighted by molar-refractivity contribution is 7.13. The average molecular weight is 496 g/mol. The molecule has 2 heterocycles. The van der Waals surface area contributed by atoms with E-state index in [-0.39, 0.29) is 24.2 Å². The van der Waals surface area contributed by atoms with E-state index in [0.29, 0.717) is 12.2 Å². The highest BCUT2D eigenvalue weighted by Gasteiger charge is 2.36. The maximum absolute atomic E-state index is 13.0. The fraction of sp³-hybridized carbons (Fsp3) is 0.233. The Kier molecular flexibility index (Phi) is 6.70. The first-order valence-electron chi connectivity index (χ1n) is 12.3. The number of amides is 2. The number of para-hydroxylation sites is 1. The number of thiazole rings is 1. The summed E-state index contributed by atoms with van der Waals surface area (Å²) >= 11 is 1.63. The Hall–Kier alpha value is -3.77. The van der Waals surface area contributed by atoms with E-state index >= 15 is 0 Å². The van der Waals surface area contributed by atoms with Gasteiger partial charge in [0.25, 0.3) is 0 Å². The molecule has 1 aromatic heterocycles. The zero-order chi connectivity index (χ0) is 25.2. The molecule has 1 aliphatic rings. The molecule has 0 spiro atoms. The van der Waals surface area contributed by atoms with Crippen LogP contribution in [0.4, 0.5) is 11.4 Å². The van der Waals surface area contributed by atoms with Crippen molar-refractivity contribution in [1.29, 1.82) is 0 Å². The normalized spacial score (nSPS) is 15.4. The van der Waals surface area contributed by atoms with Crippen LogP contribution in [0.1, 0.15) is 30.0 Å². The first kappa shape index (κ1) is 23.9. The average Bonchev–Trinajstić information content (AvgIpc) is 3.52. The summed E-state index contributed by atoms with van der Waals surface area (Å²) in [5, 5.41) is 6.06. The molecule has 2 amide bonds. The van der Waals surface area contributed by atoms with Gasteiger partial charge in [-0.3, -0.25) is 9.59 Å². The van der Waals surface area contributed by atoms with E-state index in [1.807, 2.05) is 55.5 Å². The van der Waals surface area contributed by atoms with Crippen LogP contribution >= 0.6 is 11.3 Å². The molecule has 0 bridgehead atoms. The Morgan fingerprint density at radius 2 is 1.78 bits per heavy atom. The summed E-state index contributed by atoms with van der Waals surface area (Å²) in [6.07, 6.45) is 1.07. The number of nitrogens with zero attached hydrogens (tertiary/aromatic N) is 2. The van der Waals surface area contributed by atoms with E-state index in [2.05, 4.69) is 42.7 Å². The van der Waals surface area contributed by atoms with E-state index in [1.165, 1.54) is 5.56 Å². The first-order chi connectivity index (χ1) is 17.4. The smallest absolute Gasteiger partial charge is 0.229 e. The molecule has 36 heavy (non-hydrogen) atoms. The molecule has 4 aromatic rings. The van der Waals surface area contributed by atoms with Crippen LogP contribution in [0.2, 0.25) is 0 Å². The Morgan fingerprint density at radius 3 is 2.53 bits per heavy atom. The van der Waals surface area contributed by atoms with Crippen LogP contribution in [0.3, 0.4) is 0 Å². The van der Waals surface area contributed by atoms with Gasteiger partial charge in [0.2, 0.25) is 11.8 Å².